The number of benzene rings is 1. The number of quaternary nitrogens is 2. The highest BCUT2D eigenvalue weighted by molar-refractivity contribution is 5.91. The minimum absolute atomic E-state index is 0.0132. The summed E-state index contributed by atoms with van der Waals surface area (Å²) in [6.45, 7) is 7.85. The first kappa shape index (κ1) is 20.1. The molecule has 1 aromatic heterocycles. The number of carbonyl (C=O) groups is 2. The number of furan rings is 1. The van der Waals surface area contributed by atoms with Crippen molar-refractivity contribution in [1.82, 2.24) is 4.90 Å². The van der Waals surface area contributed by atoms with Gasteiger partial charge in [-0.25, -0.2) is 0 Å². The first-order chi connectivity index (χ1) is 13.5. The molecule has 28 heavy (non-hydrogen) atoms. The van der Waals surface area contributed by atoms with Crippen molar-refractivity contribution >= 4 is 17.5 Å². The number of amides is 2. The van der Waals surface area contributed by atoms with Crippen LogP contribution in [0.5, 0.6) is 0 Å². The molecule has 2 heterocycles. The van der Waals surface area contributed by atoms with Crippen molar-refractivity contribution in [3.05, 3.63) is 54.0 Å². The number of hydrogen-bond acceptors (Lipinski definition) is 3. The van der Waals surface area contributed by atoms with Crippen LogP contribution in [0.25, 0.3) is 0 Å². The van der Waals surface area contributed by atoms with E-state index in [9.17, 15) is 9.59 Å². The predicted octanol–water partition coefficient (Wildman–Crippen LogP) is -0.422. The Balaban J connectivity index is 1.37. The molecule has 1 atom stereocenters. The van der Waals surface area contributed by atoms with Crippen LogP contribution in [0.4, 0.5) is 5.69 Å². The van der Waals surface area contributed by atoms with Gasteiger partial charge < -0.3 is 24.9 Å². The van der Waals surface area contributed by atoms with Crippen LogP contribution in [-0.2, 0) is 9.59 Å². The first-order valence-corrected chi connectivity index (χ1v) is 9.86. The largest absolute Gasteiger partial charge is 0.463 e. The van der Waals surface area contributed by atoms with E-state index in [1.807, 2.05) is 60.5 Å². The summed E-state index contributed by atoms with van der Waals surface area (Å²) in [6, 6.07) is 11.7. The number of carbonyl (C=O) groups excluding carboxylic acids is 2. The molecule has 0 unspecified atom stereocenters. The molecule has 2 aromatic rings. The number of hydrogen-bond donors (Lipinski definition) is 3. The molecule has 1 aliphatic rings. The smallest absolute Gasteiger partial charge is 0.279 e. The summed E-state index contributed by atoms with van der Waals surface area (Å²) >= 11 is 0. The van der Waals surface area contributed by atoms with E-state index >= 15 is 0 Å². The molecule has 1 saturated heterocycles. The van der Waals surface area contributed by atoms with Gasteiger partial charge in [-0.3, -0.25) is 9.59 Å². The van der Waals surface area contributed by atoms with Crippen molar-refractivity contribution in [3.63, 3.8) is 0 Å². The summed E-state index contributed by atoms with van der Waals surface area (Å²) in [5.74, 6) is 1.03. The van der Waals surface area contributed by atoms with Gasteiger partial charge in [-0.2, -0.15) is 0 Å². The van der Waals surface area contributed by atoms with E-state index in [0.717, 1.165) is 24.5 Å². The molecule has 0 radical (unpaired) electrons. The summed E-state index contributed by atoms with van der Waals surface area (Å²) in [5, 5.41) is 4.94. The third-order valence-corrected chi connectivity index (χ3v) is 5.21. The molecule has 0 bridgehead atoms. The quantitative estimate of drug-likeness (QED) is 0.604. The average molecular weight is 386 g/mol. The van der Waals surface area contributed by atoms with Crippen molar-refractivity contribution in [2.24, 2.45) is 0 Å². The van der Waals surface area contributed by atoms with Crippen LogP contribution in [-0.4, -0.2) is 56.0 Å². The van der Waals surface area contributed by atoms with Gasteiger partial charge in [0, 0.05) is 5.69 Å². The third-order valence-electron chi connectivity index (χ3n) is 5.21. The normalized spacial score (nSPS) is 16.0. The zero-order valence-corrected chi connectivity index (χ0v) is 16.6. The highest BCUT2D eigenvalue weighted by Crippen LogP contribution is 2.08. The Morgan fingerprint density at radius 2 is 1.93 bits per heavy atom. The second-order valence-electron chi connectivity index (χ2n) is 7.47. The molecule has 2 amide bonds. The molecule has 1 fully saturated rings. The van der Waals surface area contributed by atoms with Crippen LogP contribution in [0.1, 0.15) is 24.3 Å². The van der Waals surface area contributed by atoms with Crippen LogP contribution in [0, 0.1) is 6.92 Å². The first-order valence-electron chi connectivity index (χ1n) is 9.86. The Bertz CT molecular complexity index is 765. The maximum absolute atomic E-state index is 12.4. The third kappa shape index (κ3) is 5.68. The maximum atomic E-state index is 12.4. The van der Waals surface area contributed by atoms with E-state index in [0.29, 0.717) is 26.2 Å². The summed E-state index contributed by atoms with van der Waals surface area (Å²) in [7, 11) is 0. The Hall–Kier alpha value is -2.64. The zero-order valence-electron chi connectivity index (χ0n) is 16.6. The number of piperazine rings is 1. The molecule has 3 rings (SSSR count). The van der Waals surface area contributed by atoms with Crippen molar-refractivity contribution in [2.45, 2.75) is 19.9 Å². The number of nitrogens with zero attached hydrogens (tertiary/aromatic N) is 1. The van der Waals surface area contributed by atoms with Crippen LogP contribution < -0.4 is 15.5 Å². The highest BCUT2D eigenvalue weighted by atomic mass is 16.3. The maximum Gasteiger partial charge on any atom is 0.279 e. The predicted molar refractivity (Wildman–Crippen MR) is 106 cm³/mol. The van der Waals surface area contributed by atoms with Crippen molar-refractivity contribution in [2.75, 3.05) is 44.6 Å². The molecule has 1 aromatic carbocycles. The number of aryl methyl sites for hydroxylation is 1. The molecule has 4 N–H and O–H groups in total. The van der Waals surface area contributed by atoms with Gasteiger partial charge in [-0.05, 0) is 38.1 Å². The van der Waals surface area contributed by atoms with E-state index in [-0.39, 0.29) is 17.9 Å². The molecule has 0 spiro atoms. The second-order valence-corrected chi connectivity index (χ2v) is 7.47. The number of nitrogens with two attached hydrogens (primary N) is 1. The minimum atomic E-state index is 0.0132. The molecular formula is C21H30N4O3+2. The number of rotatable bonds is 7. The Kier molecular flexibility index (Phi) is 6.84. The summed E-state index contributed by atoms with van der Waals surface area (Å²) in [4.78, 5) is 27.8. The van der Waals surface area contributed by atoms with E-state index in [4.69, 9.17) is 4.42 Å². The van der Waals surface area contributed by atoms with Crippen molar-refractivity contribution < 1.29 is 24.2 Å². The average Bonchev–Trinajstić information content (AvgIpc) is 3.23. The minimum Gasteiger partial charge on any atom is -0.463 e. The molecule has 150 valence electrons. The highest BCUT2D eigenvalue weighted by Gasteiger charge is 2.26. The molecule has 0 saturated carbocycles. The monoisotopic (exact) mass is 386 g/mol. The lowest BCUT2D eigenvalue weighted by molar-refractivity contribution is -0.895. The van der Waals surface area contributed by atoms with Gasteiger partial charge >= 0.3 is 0 Å². The summed E-state index contributed by atoms with van der Waals surface area (Å²) < 4.78 is 5.38. The van der Waals surface area contributed by atoms with Crippen LogP contribution in [0.3, 0.4) is 0 Å². The Labute approximate surface area is 165 Å². The molecule has 1 aliphatic heterocycles. The lowest BCUT2D eigenvalue weighted by atomic mass is 10.2. The van der Waals surface area contributed by atoms with E-state index < -0.39 is 0 Å². The Morgan fingerprint density at radius 1 is 1.21 bits per heavy atom. The lowest BCUT2D eigenvalue weighted by Crippen LogP contribution is -3.15. The Morgan fingerprint density at radius 3 is 2.57 bits per heavy atom. The van der Waals surface area contributed by atoms with Gasteiger partial charge in [-0.15, -0.1) is 0 Å². The SMILES string of the molecule is Cc1ccc(NC(=O)C[NH+]2CCN(C(=O)C[NH2+][C@H](C)c3ccco3)CC2)cc1. The van der Waals surface area contributed by atoms with Gasteiger partial charge in [0.25, 0.3) is 11.8 Å². The fourth-order valence-electron chi connectivity index (χ4n) is 3.39. The second kappa shape index (κ2) is 9.52. The number of anilines is 1. The molecular weight excluding hydrogens is 356 g/mol. The van der Waals surface area contributed by atoms with Gasteiger partial charge in [0.2, 0.25) is 0 Å². The lowest BCUT2D eigenvalue weighted by Gasteiger charge is -2.31. The van der Waals surface area contributed by atoms with Crippen LogP contribution in [0.15, 0.2) is 47.1 Å². The molecule has 0 aliphatic carbocycles. The van der Waals surface area contributed by atoms with Crippen molar-refractivity contribution in [1.29, 1.82) is 0 Å². The van der Waals surface area contributed by atoms with Gasteiger partial charge in [0.15, 0.2) is 18.8 Å². The van der Waals surface area contributed by atoms with Gasteiger partial charge in [-0.1, -0.05) is 17.7 Å². The van der Waals surface area contributed by atoms with E-state index in [1.165, 1.54) is 10.5 Å². The van der Waals surface area contributed by atoms with E-state index in [1.54, 1.807) is 6.26 Å². The summed E-state index contributed by atoms with van der Waals surface area (Å²) in [5.41, 5.74) is 1.99. The molecule has 7 nitrogen and oxygen atoms in total. The fraction of sp³-hybridized carbons (Fsp3) is 0.429. The molecule has 7 heteroatoms. The zero-order chi connectivity index (χ0) is 19.9. The van der Waals surface area contributed by atoms with Crippen LogP contribution >= 0.6 is 0 Å². The van der Waals surface area contributed by atoms with E-state index in [2.05, 4.69) is 5.32 Å². The fourth-order valence-corrected chi connectivity index (χ4v) is 3.39. The summed E-state index contributed by atoms with van der Waals surface area (Å²) in [6.07, 6.45) is 1.65. The van der Waals surface area contributed by atoms with Gasteiger partial charge in [0.05, 0.1) is 32.4 Å². The van der Waals surface area contributed by atoms with Crippen molar-refractivity contribution in [3.8, 4) is 0 Å². The topological polar surface area (TPSA) is 83.6 Å². The standard InChI is InChI=1S/C21H28N4O3/c1-16-5-7-18(8-6-16)23-20(26)15-24-9-11-25(12-10-24)21(27)14-22-17(2)19-4-3-13-28-19/h3-8,13,17,22H,9-12,14-15H2,1-2H3,(H,23,26)/p+2/t17-/m1/s1. The number of nitrogens with one attached hydrogen (secondary N) is 2. The van der Waals surface area contributed by atoms with Gasteiger partial charge in [0.1, 0.15) is 6.04 Å². The van der Waals surface area contributed by atoms with Crippen LogP contribution in [0.2, 0.25) is 0 Å².